The van der Waals surface area contributed by atoms with Gasteiger partial charge in [0, 0.05) is 17.6 Å². The van der Waals surface area contributed by atoms with Gasteiger partial charge in [-0.2, -0.15) is 0 Å². The van der Waals surface area contributed by atoms with E-state index in [0.29, 0.717) is 12.5 Å². The Morgan fingerprint density at radius 3 is 2.81 bits per heavy atom. The number of nitrogens with one attached hydrogen (secondary N) is 2. The number of amides is 1. The SMILES string of the molecule is CC(NCC(=O)NCC1CCCCC1)c1cccc(Cl)c1. The largest absolute Gasteiger partial charge is 0.355 e. The van der Waals surface area contributed by atoms with Gasteiger partial charge in [-0.05, 0) is 43.4 Å². The van der Waals surface area contributed by atoms with E-state index in [1.54, 1.807) is 0 Å². The lowest BCUT2D eigenvalue weighted by Gasteiger charge is -2.22. The number of rotatable bonds is 6. The number of carbonyl (C=O) groups excluding carboxylic acids is 1. The van der Waals surface area contributed by atoms with Crippen LogP contribution in [0.25, 0.3) is 0 Å². The molecule has 1 aromatic rings. The molecule has 0 radical (unpaired) electrons. The Labute approximate surface area is 132 Å². The van der Waals surface area contributed by atoms with Gasteiger partial charge >= 0.3 is 0 Å². The minimum atomic E-state index is 0.0782. The fourth-order valence-corrected chi connectivity index (χ4v) is 3.05. The van der Waals surface area contributed by atoms with Crippen molar-refractivity contribution >= 4 is 17.5 Å². The van der Waals surface area contributed by atoms with Crippen LogP contribution in [0, 0.1) is 5.92 Å². The Bertz CT molecular complexity index is 458. The van der Waals surface area contributed by atoms with Crippen molar-refractivity contribution in [3.05, 3.63) is 34.9 Å². The van der Waals surface area contributed by atoms with Crippen molar-refractivity contribution < 1.29 is 4.79 Å². The third kappa shape index (κ3) is 5.68. The molecule has 0 saturated heterocycles. The van der Waals surface area contributed by atoms with Gasteiger partial charge in [-0.25, -0.2) is 0 Å². The Morgan fingerprint density at radius 1 is 1.33 bits per heavy atom. The maximum absolute atomic E-state index is 11.9. The molecule has 0 aromatic heterocycles. The summed E-state index contributed by atoms with van der Waals surface area (Å²) in [7, 11) is 0. The number of halogens is 1. The highest BCUT2D eigenvalue weighted by Crippen LogP contribution is 2.22. The minimum absolute atomic E-state index is 0.0782. The van der Waals surface area contributed by atoms with E-state index in [1.807, 2.05) is 31.2 Å². The Kier molecular flexibility index (Phi) is 6.52. The minimum Gasteiger partial charge on any atom is -0.355 e. The van der Waals surface area contributed by atoms with Crippen LogP contribution in [0.1, 0.15) is 50.6 Å². The first-order chi connectivity index (χ1) is 10.1. The van der Waals surface area contributed by atoms with Crippen LogP contribution >= 0.6 is 11.6 Å². The average molecular weight is 309 g/mol. The molecule has 1 fully saturated rings. The van der Waals surface area contributed by atoms with E-state index in [4.69, 9.17) is 11.6 Å². The second-order valence-corrected chi connectivity index (χ2v) is 6.40. The van der Waals surface area contributed by atoms with Crippen LogP contribution in [0.5, 0.6) is 0 Å². The van der Waals surface area contributed by atoms with E-state index in [9.17, 15) is 4.79 Å². The Morgan fingerprint density at radius 2 is 2.10 bits per heavy atom. The predicted octanol–water partition coefficient (Wildman–Crippen LogP) is 3.69. The molecule has 1 amide bonds. The Hall–Kier alpha value is -1.06. The van der Waals surface area contributed by atoms with Crippen LogP contribution in [-0.2, 0) is 4.79 Å². The first-order valence-electron chi connectivity index (χ1n) is 7.90. The molecule has 1 atom stereocenters. The molecule has 2 N–H and O–H groups in total. The topological polar surface area (TPSA) is 41.1 Å². The molecule has 2 rings (SSSR count). The van der Waals surface area contributed by atoms with Crippen LogP contribution in [0.3, 0.4) is 0 Å². The van der Waals surface area contributed by atoms with Crippen molar-refractivity contribution in [2.75, 3.05) is 13.1 Å². The maximum atomic E-state index is 11.9. The summed E-state index contributed by atoms with van der Waals surface area (Å²) in [5.74, 6) is 0.752. The molecule has 0 aliphatic heterocycles. The summed E-state index contributed by atoms with van der Waals surface area (Å²) in [6.45, 7) is 3.21. The fraction of sp³-hybridized carbons (Fsp3) is 0.588. The van der Waals surface area contributed by atoms with Gasteiger partial charge in [0.2, 0.25) is 5.91 Å². The van der Waals surface area contributed by atoms with E-state index in [-0.39, 0.29) is 11.9 Å². The smallest absolute Gasteiger partial charge is 0.233 e. The molecule has 3 nitrogen and oxygen atoms in total. The molecule has 4 heteroatoms. The zero-order valence-corrected chi connectivity index (χ0v) is 13.5. The molecule has 1 aliphatic carbocycles. The highest BCUT2D eigenvalue weighted by Gasteiger charge is 2.14. The monoisotopic (exact) mass is 308 g/mol. The van der Waals surface area contributed by atoms with E-state index >= 15 is 0 Å². The van der Waals surface area contributed by atoms with Crippen molar-refractivity contribution in [3.8, 4) is 0 Å². The standard InChI is InChI=1S/C17H25ClN2O/c1-13(15-8-5-9-16(18)10-15)19-12-17(21)20-11-14-6-3-2-4-7-14/h5,8-10,13-14,19H,2-4,6-7,11-12H2,1H3,(H,20,21). The number of benzene rings is 1. The van der Waals surface area contributed by atoms with E-state index in [2.05, 4.69) is 10.6 Å². The normalized spacial score (nSPS) is 17.4. The summed E-state index contributed by atoms with van der Waals surface area (Å²) >= 11 is 5.98. The first kappa shape index (κ1) is 16.3. The second kappa shape index (κ2) is 8.40. The van der Waals surface area contributed by atoms with Crippen molar-refractivity contribution in [3.63, 3.8) is 0 Å². The highest BCUT2D eigenvalue weighted by molar-refractivity contribution is 6.30. The van der Waals surface area contributed by atoms with E-state index < -0.39 is 0 Å². The maximum Gasteiger partial charge on any atom is 0.233 e. The van der Waals surface area contributed by atoms with Gasteiger partial charge in [-0.3, -0.25) is 4.79 Å². The van der Waals surface area contributed by atoms with Crippen LogP contribution < -0.4 is 10.6 Å². The molecule has 1 unspecified atom stereocenters. The zero-order valence-electron chi connectivity index (χ0n) is 12.7. The molecule has 1 saturated carbocycles. The molecule has 116 valence electrons. The molecular weight excluding hydrogens is 284 g/mol. The van der Waals surface area contributed by atoms with E-state index in [1.165, 1.54) is 32.1 Å². The molecule has 0 bridgehead atoms. The van der Waals surface area contributed by atoms with Gasteiger partial charge in [-0.15, -0.1) is 0 Å². The molecule has 21 heavy (non-hydrogen) atoms. The van der Waals surface area contributed by atoms with E-state index in [0.717, 1.165) is 17.1 Å². The summed E-state index contributed by atoms with van der Waals surface area (Å²) in [4.78, 5) is 11.9. The molecular formula is C17H25ClN2O. The van der Waals surface area contributed by atoms with Crippen molar-refractivity contribution in [1.82, 2.24) is 10.6 Å². The van der Waals surface area contributed by atoms with Gasteiger partial charge in [0.1, 0.15) is 0 Å². The summed E-state index contributed by atoms with van der Waals surface area (Å²) < 4.78 is 0. The lowest BCUT2D eigenvalue weighted by molar-refractivity contribution is -0.120. The van der Waals surface area contributed by atoms with Gasteiger partial charge in [0.15, 0.2) is 0 Å². The number of hydrogen-bond donors (Lipinski definition) is 2. The quantitative estimate of drug-likeness (QED) is 0.841. The van der Waals surface area contributed by atoms with Crippen LogP contribution in [0.4, 0.5) is 0 Å². The highest BCUT2D eigenvalue weighted by atomic mass is 35.5. The summed E-state index contributed by atoms with van der Waals surface area (Å²) in [5, 5.41) is 7.01. The predicted molar refractivity (Wildman–Crippen MR) is 87.5 cm³/mol. The lowest BCUT2D eigenvalue weighted by atomic mass is 9.89. The Balaban J connectivity index is 1.68. The molecule has 0 heterocycles. The van der Waals surface area contributed by atoms with Gasteiger partial charge in [0.05, 0.1) is 6.54 Å². The molecule has 1 aliphatic rings. The summed E-state index contributed by atoms with van der Waals surface area (Å²) in [6.07, 6.45) is 6.48. The molecule has 0 spiro atoms. The zero-order chi connectivity index (χ0) is 15.1. The average Bonchev–Trinajstić information content (AvgIpc) is 2.51. The van der Waals surface area contributed by atoms with Crippen molar-refractivity contribution in [1.29, 1.82) is 0 Å². The second-order valence-electron chi connectivity index (χ2n) is 5.97. The van der Waals surface area contributed by atoms with Crippen LogP contribution in [0.2, 0.25) is 5.02 Å². The van der Waals surface area contributed by atoms with Crippen molar-refractivity contribution in [2.45, 2.75) is 45.1 Å². The summed E-state index contributed by atoms with van der Waals surface area (Å²) in [5.41, 5.74) is 1.10. The first-order valence-corrected chi connectivity index (χ1v) is 8.28. The summed E-state index contributed by atoms with van der Waals surface area (Å²) in [6, 6.07) is 7.85. The number of hydrogen-bond acceptors (Lipinski definition) is 2. The van der Waals surface area contributed by atoms with Gasteiger partial charge in [-0.1, -0.05) is 43.0 Å². The van der Waals surface area contributed by atoms with Gasteiger partial charge < -0.3 is 10.6 Å². The van der Waals surface area contributed by atoms with Crippen LogP contribution in [-0.4, -0.2) is 19.0 Å². The third-order valence-electron chi connectivity index (χ3n) is 4.23. The molecule has 1 aromatic carbocycles. The van der Waals surface area contributed by atoms with Crippen LogP contribution in [0.15, 0.2) is 24.3 Å². The van der Waals surface area contributed by atoms with Crippen molar-refractivity contribution in [2.24, 2.45) is 5.92 Å². The lowest BCUT2D eigenvalue weighted by Crippen LogP contribution is -2.37. The number of carbonyl (C=O) groups is 1. The third-order valence-corrected chi connectivity index (χ3v) is 4.47. The van der Waals surface area contributed by atoms with Gasteiger partial charge in [0.25, 0.3) is 0 Å². The fourth-order valence-electron chi connectivity index (χ4n) is 2.85.